The number of carbonyl (C=O) groups excluding carboxylic acids is 1. The Morgan fingerprint density at radius 1 is 1.13 bits per heavy atom. The van der Waals surface area contributed by atoms with Crippen LogP contribution in [0.4, 0.5) is 11.6 Å². The SMILES string of the molecule is O=C(CCN1CCCCC1)Cc1cccc(Nc2ncc3c(n2)-c2ccsc2CC3)c1. The lowest BCUT2D eigenvalue weighted by Gasteiger charge is -2.25. The van der Waals surface area contributed by atoms with Crippen LogP contribution in [0.25, 0.3) is 11.3 Å². The van der Waals surface area contributed by atoms with Gasteiger partial charge in [0.1, 0.15) is 5.78 Å². The molecule has 1 N–H and O–H groups in total. The number of rotatable bonds is 7. The minimum absolute atomic E-state index is 0.303. The monoisotopic (exact) mass is 432 g/mol. The Labute approximate surface area is 187 Å². The average Bonchev–Trinajstić information content (AvgIpc) is 3.28. The third-order valence-electron chi connectivity index (χ3n) is 6.23. The van der Waals surface area contributed by atoms with Crippen LogP contribution in [0.15, 0.2) is 41.9 Å². The number of Topliss-reactive ketones (excluding diaryl/α,β-unsaturated/α-hetero) is 1. The molecule has 0 atom stereocenters. The molecule has 1 aliphatic heterocycles. The summed E-state index contributed by atoms with van der Waals surface area (Å²) in [5.74, 6) is 0.907. The van der Waals surface area contributed by atoms with Gasteiger partial charge in [-0.2, -0.15) is 0 Å². The molecule has 1 saturated heterocycles. The predicted molar refractivity (Wildman–Crippen MR) is 126 cm³/mol. The molecule has 0 spiro atoms. The highest BCUT2D eigenvalue weighted by molar-refractivity contribution is 7.10. The molecule has 2 aromatic heterocycles. The number of nitrogens with one attached hydrogen (secondary N) is 1. The molecule has 0 saturated carbocycles. The number of benzene rings is 1. The Morgan fingerprint density at radius 2 is 2.03 bits per heavy atom. The summed E-state index contributed by atoms with van der Waals surface area (Å²) in [5.41, 5.74) is 5.45. The second-order valence-electron chi connectivity index (χ2n) is 8.52. The van der Waals surface area contributed by atoms with Gasteiger partial charge in [0.15, 0.2) is 0 Å². The Morgan fingerprint density at radius 3 is 2.94 bits per heavy atom. The van der Waals surface area contributed by atoms with E-state index < -0.39 is 0 Å². The van der Waals surface area contributed by atoms with Crippen molar-refractivity contribution in [3.8, 4) is 11.3 Å². The first-order chi connectivity index (χ1) is 15.2. The van der Waals surface area contributed by atoms with Crippen LogP contribution in [-0.2, 0) is 24.1 Å². The molecule has 1 aliphatic carbocycles. The van der Waals surface area contributed by atoms with Gasteiger partial charge in [-0.3, -0.25) is 4.79 Å². The van der Waals surface area contributed by atoms with E-state index in [2.05, 4.69) is 26.6 Å². The van der Waals surface area contributed by atoms with E-state index in [4.69, 9.17) is 4.98 Å². The van der Waals surface area contributed by atoms with E-state index in [1.54, 1.807) is 11.3 Å². The van der Waals surface area contributed by atoms with E-state index in [1.165, 1.54) is 35.3 Å². The maximum absolute atomic E-state index is 12.5. The summed E-state index contributed by atoms with van der Waals surface area (Å²) in [5, 5.41) is 5.48. The van der Waals surface area contributed by atoms with E-state index >= 15 is 0 Å². The first-order valence-corrected chi connectivity index (χ1v) is 12.2. The minimum atomic E-state index is 0.303. The molecule has 2 aliphatic rings. The smallest absolute Gasteiger partial charge is 0.227 e. The lowest BCUT2D eigenvalue weighted by atomic mass is 9.96. The number of thiophene rings is 1. The van der Waals surface area contributed by atoms with Gasteiger partial charge in [-0.05, 0) is 73.5 Å². The van der Waals surface area contributed by atoms with Gasteiger partial charge >= 0.3 is 0 Å². The number of hydrogen-bond acceptors (Lipinski definition) is 6. The first-order valence-electron chi connectivity index (χ1n) is 11.3. The molecule has 0 bridgehead atoms. The highest BCUT2D eigenvalue weighted by atomic mass is 32.1. The summed E-state index contributed by atoms with van der Waals surface area (Å²) in [6.45, 7) is 3.17. The number of anilines is 2. The predicted octanol–water partition coefficient (Wildman–Crippen LogP) is 5.03. The Hall–Kier alpha value is -2.57. The van der Waals surface area contributed by atoms with Crippen LogP contribution >= 0.6 is 11.3 Å². The standard InChI is InChI=1S/C25H28N4OS/c30-21(9-13-29-11-2-1-3-12-29)16-18-5-4-6-20(15-18)27-25-26-17-19-7-8-23-22(10-14-31-23)24(19)28-25/h4-6,10,14-15,17H,1-3,7-9,11-13,16H2,(H,26,27,28). The van der Waals surface area contributed by atoms with Gasteiger partial charge in [0.2, 0.25) is 5.95 Å². The maximum atomic E-state index is 12.5. The number of nitrogens with zero attached hydrogens (tertiary/aromatic N) is 3. The topological polar surface area (TPSA) is 58.1 Å². The molecular formula is C25H28N4OS. The minimum Gasteiger partial charge on any atom is -0.324 e. The summed E-state index contributed by atoms with van der Waals surface area (Å²) in [6, 6.07) is 10.2. The largest absolute Gasteiger partial charge is 0.324 e. The number of likely N-dealkylation sites (tertiary alicyclic amines) is 1. The van der Waals surface area contributed by atoms with Gasteiger partial charge in [0.25, 0.3) is 0 Å². The zero-order valence-corrected chi connectivity index (χ0v) is 18.6. The van der Waals surface area contributed by atoms with Crippen molar-refractivity contribution in [3.05, 3.63) is 57.9 Å². The second-order valence-corrected chi connectivity index (χ2v) is 9.52. The summed E-state index contributed by atoms with van der Waals surface area (Å²) < 4.78 is 0. The van der Waals surface area contributed by atoms with Crippen LogP contribution in [0, 0.1) is 0 Å². The molecule has 0 unspecified atom stereocenters. The van der Waals surface area contributed by atoms with Gasteiger partial charge in [0, 0.05) is 41.7 Å². The van der Waals surface area contributed by atoms with Gasteiger partial charge < -0.3 is 10.2 Å². The molecular weight excluding hydrogens is 404 g/mol. The van der Waals surface area contributed by atoms with Gasteiger partial charge in [-0.1, -0.05) is 18.6 Å². The molecule has 31 heavy (non-hydrogen) atoms. The van der Waals surface area contributed by atoms with E-state index in [0.717, 1.165) is 49.4 Å². The zero-order valence-electron chi connectivity index (χ0n) is 17.8. The molecule has 5 nitrogen and oxygen atoms in total. The fourth-order valence-corrected chi connectivity index (χ4v) is 5.43. The number of hydrogen-bond donors (Lipinski definition) is 1. The van der Waals surface area contributed by atoms with E-state index in [-0.39, 0.29) is 0 Å². The van der Waals surface area contributed by atoms with Crippen molar-refractivity contribution in [1.82, 2.24) is 14.9 Å². The van der Waals surface area contributed by atoms with Crippen LogP contribution < -0.4 is 5.32 Å². The van der Waals surface area contributed by atoms with E-state index in [0.29, 0.717) is 24.6 Å². The number of fused-ring (bicyclic) bond motifs is 3. The number of carbonyl (C=O) groups is 1. The van der Waals surface area contributed by atoms with Gasteiger partial charge in [-0.25, -0.2) is 9.97 Å². The van der Waals surface area contributed by atoms with Crippen molar-refractivity contribution in [3.63, 3.8) is 0 Å². The summed E-state index contributed by atoms with van der Waals surface area (Å²) in [6.07, 6.45) is 8.98. The molecule has 1 fully saturated rings. The van der Waals surface area contributed by atoms with Crippen LogP contribution in [-0.4, -0.2) is 40.3 Å². The highest BCUT2D eigenvalue weighted by Crippen LogP contribution is 2.35. The Bertz CT molecular complexity index is 1070. The normalized spacial score (nSPS) is 15.9. The second kappa shape index (κ2) is 9.28. The lowest BCUT2D eigenvalue weighted by Crippen LogP contribution is -2.31. The summed E-state index contributed by atoms with van der Waals surface area (Å²) in [4.78, 5) is 25.7. The molecule has 5 rings (SSSR count). The van der Waals surface area contributed by atoms with Crippen molar-refractivity contribution >= 4 is 28.8 Å². The van der Waals surface area contributed by atoms with Crippen molar-refractivity contribution in [2.24, 2.45) is 0 Å². The molecule has 3 heterocycles. The number of aryl methyl sites for hydroxylation is 2. The van der Waals surface area contributed by atoms with Crippen molar-refractivity contribution in [2.75, 3.05) is 25.0 Å². The van der Waals surface area contributed by atoms with E-state index in [1.807, 2.05) is 30.5 Å². The molecule has 3 aromatic rings. The van der Waals surface area contributed by atoms with Crippen molar-refractivity contribution < 1.29 is 4.79 Å². The van der Waals surface area contributed by atoms with E-state index in [9.17, 15) is 4.79 Å². The third kappa shape index (κ3) is 4.86. The number of ketones is 1. The molecule has 1 aromatic carbocycles. The highest BCUT2D eigenvalue weighted by Gasteiger charge is 2.19. The summed E-state index contributed by atoms with van der Waals surface area (Å²) >= 11 is 1.80. The third-order valence-corrected chi connectivity index (χ3v) is 7.21. The van der Waals surface area contributed by atoms with Crippen molar-refractivity contribution in [1.29, 1.82) is 0 Å². The fraction of sp³-hybridized carbons (Fsp3) is 0.400. The van der Waals surface area contributed by atoms with Crippen molar-refractivity contribution in [2.45, 2.75) is 44.9 Å². The fourth-order valence-electron chi connectivity index (χ4n) is 4.55. The summed E-state index contributed by atoms with van der Waals surface area (Å²) in [7, 11) is 0. The number of aromatic nitrogens is 2. The van der Waals surface area contributed by atoms with Crippen LogP contribution in [0.5, 0.6) is 0 Å². The lowest BCUT2D eigenvalue weighted by molar-refractivity contribution is -0.118. The number of piperidine rings is 1. The first kappa shape index (κ1) is 20.3. The Kier molecular flexibility index (Phi) is 6.09. The molecule has 160 valence electrons. The van der Waals surface area contributed by atoms with Crippen LogP contribution in [0.2, 0.25) is 0 Å². The molecule has 6 heteroatoms. The average molecular weight is 433 g/mol. The van der Waals surface area contributed by atoms with Gasteiger partial charge in [0.05, 0.1) is 5.69 Å². The van der Waals surface area contributed by atoms with Gasteiger partial charge in [-0.15, -0.1) is 11.3 Å². The zero-order chi connectivity index (χ0) is 21.0. The Balaban J connectivity index is 1.23. The molecule has 0 radical (unpaired) electrons. The van der Waals surface area contributed by atoms with Crippen LogP contribution in [0.1, 0.15) is 41.7 Å². The molecule has 0 amide bonds. The quantitative estimate of drug-likeness (QED) is 0.567. The van der Waals surface area contributed by atoms with Crippen LogP contribution in [0.3, 0.4) is 0 Å². The maximum Gasteiger partial charge on any atom is 0.227 e.